The minimum atomic E-state index is -4.46. The van der Waals surface area contributed by atoms with E-state index in [0.29, 0.717) is 10.9 Å². The second-order valence-electron chi connectivity index (χ2n) is 5.26. The molecule has 1 amide bonds. The third-order valence-electron chi connectivity index (χ3n) is 3.33. The number of carbonyl (C=O) groups excluding carboxylic acids is 1. The van der Waals surface area contributed by atoms with E-state index in [0.717, 1.165) is 6.20 Å². The van der Waals surface area contributed by atoms with Gasteiger partial charge in [0.1, 0.15) is 5.69 Å². The summed E-state index contributed by atoms with van der Waals surface area (Å²) in [6.45, 7) is 0. The summed E-state index contributed by atoms with van der Waals surface area (Å²) < 4.78 is 43.6. The van der Waals surface area contributed by atoms with Gasteiger partial charge < -0.3 is 10.5 Å². The van der Waals surface area contributed by atoms with Gasteiger partial charge in [-0.05, 0) is 17.7 Å². The highest BCUT2D eigenvalue weighted by Crippen LogP contribution is 2.32. The van der Waals surface area contributed by atoms with Gasteiger partial charge in [-0.25, -0.2) is 14.8 Å². The molecule has 2 N–H and O–H groups in total. The molecule has 3 rings (SSSR count). The lowest BCUT2D eigenvalue weighted by Gasteiger charge is -2.13. The van der Waals surface area contributed by atoms with Crippen LogP contribution in [0.15, 0.2) is 36.7 Å². The molecule has 2 aromatic heterocycles. The normalized spacial score (nSPS) is 11.5. The van der Waals surface area contributed by atoms with E-state index in [1.54, 1.807) is 18.2 Å². The van der Waals surface area contributed by atoms with Crippen molar-refractivity contribution < 1.29 is 22.7 Å². The fourth-order valence-electron chi connectivity index (χ4n) is 2.39. The van der Waals surface area contributed by atoms with Crippen molar-refractivity contribution in [2.75, 3.05) is 0 Å². The van der Waals surface area contributed by atoms with Gasteiger partial charge in [0.05, 0.1) is 35.0 Å². The van der Waals surface area contributed by atoms with Gasteiger partial charge in [0.15, 0.2) is 0 Å². The summed E-state index contributed by atoms with van der Waals surface area (Å²) in [5, 5.41) is 0.734. The number of alkyl halides is 3. The maximum absolute atomic E-state index is 13.0. The lowest BCUT2D eigenvalue weighted by Crippen LogP contribution is -2.17. The van der Waals surface area contributed by atoms with Crippen LogP contribution in [0.25, 0.3) is 22.3 Å². The summed E-state index contributed by atoms with van der Waals surface area (Å²) in [5.74, 6) is -0.256. The minimum absolute atomic E-state index is 0.00943. The van der Waals surface area contributed by atoms with Crippen LogP contribution in [-0.4, -0.2) is 27.2 Å². The standard InChI is InChI=1S/C16H10ClF3N4O2/c17-10-3-1-2-8-4-9(5-16(18,19)20)14(24-13(8)10)11-6-22-7-12(23-11)26-15(21)25/h1-4,6-7H,5H2,(H2,21,25). The van der Waals surface area contributed by atoms with Gasteiger partial charge in [-0.1, -0.05) is 23.7 Å². The molecular formula is C16H10ClF3N4O2. The molecule has 10 heteroatoms. The smallest absolute Gasteiger partial charge is 0.390 e. The van der Waals surface area contributed by atoms with Crippen molar-refractivity contribution in [1.82, 2.24) is 15.0 Å². The van der Waals surface area contributed by atoms with Crippen LogP contribution >= 0.6 is 11.6 Å². The van der Waals surface area contributed by atoms with Crippen LogP contribution in [0, 0.1) is 0 Å². The molecule has 0 aliphatic carbocycles. The molecule has 0 bridgehead atoms. The van der Waals surface area contributed by atoms with Gasteiger partial charge >= 0.3 is 12.3 Å². The predicted molar refractivity (Wildman–Crippen MR) is 87.7 cm³/mol. The molecule has 26 heavy (non-hydrogen) atoms. The average Bonchev–Trinajstić information content (AvgIpc) is 2.53. The van der Waals surface area contributed by atoms with Crippen LogP contribution in [0.2, 0.25) is 5.02 Å². The molecule has 0 aliphatic heterocycles. The average molecular weight is 383 g/mol. The molecule has 0 unspecified atom stereocenters. The van der Waals surface area contributed by atoms with E-state index in [1.807, 2.05) is 0 Å². The topological polar surface area (TPSA) is 91.0 Å². The number of halogens is 4. The van der Waals surface area contributed by atoms with Crippen LogP contribution in [0.5, 0.6) is 5.88 Å². The van der Waals surface area contributed by atoms with E-state index in [2.05, 4.69) is 19.7 Å². The molecule has 6 nitrogen and oxygen atoms in total. The number of pyridine rings is 1. The fraction of sp³-hybridized carbons (Fsp3) is 0.125. The molecule has 0 radical (unpaired) electrons. The number of ether oxygens (including phenoxy) is 1. The van der Waals surface area contributed by atoms with Crippen molar-refractivity contribution in [1.29, 1.82) is 0 Å². The molecule has 0 fully saturated rings. The van der Waals surface area contributed by atoms with Gasteiger partial charge in [-0.2, -0.15) is 13.2 Å². The van der Waals surface area contributed by atoms with Crippen molar-refractivity contribution in [3.8, 4) is 17.3 Å². The highest BCUT2D eigenvalue weighted by atomic mass is 35.5. The fourth-order valence-corrected chi connectivity index (χ4v) is 2.62. The Kier molecular flexibility index (Phi) is 4.64. The van der Waals surface area contributed by atoms with Crippen LogP contribution in [0.3, 0.4) is 0 Å². The molecule has 0 spiro atoms. The lowest BCUT2D eigenvalue weighted by molar-refractivity contribution is -0.127. The molecule has 134 valence electrons. The second kappa shape index (κ2) is 6.75. The highest BCUT2D eigenvalue weighted by molar-refractivity contribution is 6.35. The monoisotopic (exact) mass is 382 g/mol. The van der Waals surface area contributed by atoms with E-state index >= 15 is 0 Å². The Balaban J connectivity index is 2.20. The first-order valence-electron chi connectivity index (χ1n) is 7.17. The maximum atomic E-state index is 13.0. The zero-order valence-electron chi connectivity index (χ0n) is 12.9. The van der Waals surface area contributed by atoms with E-state index in [-0.39, 0.29) is 27.9 Å². The Bertz CT molecular complexity index is 995. The highest BCUT2D eigenvalue weighted by Gasteiger charge is 2.30. The summed E-state index contributed by atoms with van der Waals surface area (Å²) in [7, 11) is 0. The summed E-state index contributed by atoms with van der Waals surface area (Å²) in [6.07, 6.45) is -4.50. The number of hydrogen-bond acceptors (Lipinski definition) is 5. The van der Waals surface area contributed by atoms with Crippen LogP contribution < -0.4 is 10.5 Å². The summed E-state index contributed by atoms with van der Waals surface area (Å²) in [6, 6.07) is 6.14. The molecule has 3 aromatic rings. The molecule has 1 aromatic carbocycles. The number of fused-ring (bicyclic) bond motifs is 1. The van der Waals surface area contributed by atoms with Crippen molar-refractivity contribution in [2.45, 2.75) is 12.6 Å². The number of nitrogens with zero attached hydrogens (tertiary/aromatic N) is 3. The number of rotatable bonds is 3. The first-order valence-corrected chi connectivity index (χ1v) is 7.55. The Labute approximate surface area is 149 Å². The van der Waals surface area contributed by atoms with Crippen LogP contribution in [0.4, 0.5) is 18.0 Å². The first-order chi connectivity index (χ1) is 12.2. The number of nitrogens with two attached hydrogens (primary N) is 1. The van der Waals surface area contributed by atoms with Gasteiger partial charge in [0, 0.05) is 5.39 Å². The quantitative estimate of drug-likeness (QED) is 0.741. The predicted octanol–water partition coefficient (Wildman–Crippen LogP) is 3.91. The van der Waals surface area contributed by atoms with E-state index in [9.17, 15) is 18.0 Å². The second-order valence-corrected chi connectivity index (χ2v) is 5.67. The Morgan fingerprint density at radius 1 is 1.23 bits per heavy atom. The lowest BCUT2D eigenvalue weighted by atomic mass is 10.0. The summed E-state index contributed by atoms with van der Waals surface area (Å²) in [4.78, 5) is 22.8. The third-order valence-corrected chi connectivity index (χ3v) is 3.63. The number of primary amides is 1. The largest absolute Gasteiger partial charge is 0.411 e. The summed E-state index contributed by atoms with van der Waals surface area (Å²) in [5.41, 5.74) is 5.04. The van der Waals surface area contributed by atoms with Crippen molar-refractivity contribution in [3.63, 3.8) is 0 Å². The van der Waals surface area contributed by atoms with E-state index < -0.39 is 18.7 Å². The Morgan fingerprint density at radius 2 is 2.00 bits per heavy atom. The van der Waals surface area contributed by atoms with Gasteiger partial charge in [0.25, 0.3) is 0 Å². The molecule has 0 aliphatic rings. The molecule has 0 saturated heterocycles. The number of para-hydroxylation sites is 1. The number of aromatic nitrogens is 3. The Hall–Kier alpha value is -2.94. The van der Waals surface area contributed by atoms with Gasteiger partial charge in [-0.15, -0.1) is 0 Å². The zero-order valence-corrected chi connectivity index (χ0v) is 13.7. The number of carbonyl (C=O) groups is 1. The number of amides is 1. The molecule has 2 heterocycles. The van der Waals surface area contributed by atoms with Crippen molar-refractivity contribution >= 4 is 28.6 Å². The van der Waals surface area contributed by atoms with Gasteiger partial charge in [0.2, 0.25) is 5.88 Å². The number of benzene rings is 1. The van der Waals surface area contributed by atoms with Crippen LogP contribution in [0.1, 0.15) is 5.56 Å². The van der Waals surface area contributed by atoms with Crippen LogP contribution in [-0.2, 0) is 6.42 Å². The van der Waals surface area contributed by atoms with Crippen molar-refractivity contribution in [3.05, 3.63) is 47.2 Å². The molecule has 0 saturated carbocycles. The Morgan fingerprint density at radius 3 is 2.69 bits per heavy atom. The minimum Gasteiger partial charge on any atom is -0.390 e. The SMILES string of the molecule is NC(=O)Oc1cncc(-c2nc3c(Cl)cccc3cc2CC(F)(F)F)n1. The first kappa shape index (κ1) is 17.9. The summed E-state index contributed by atoms with van der Waals surface area (Å²) >= 11 is 6.10. The third kappa shape index (κ3) is 3.99. The number of hydrogen-bond donors (Lipinski definition) is 1. The van der Waals surface area contributed by atoms with Gasteiger partial charge in [-0.3, -0.25) is 4.98 Å². The molecular weight excluding hydrogens is 373 g/mol. The van der Waals surface area contributed by atoms with E-state index in [1.165, 1.54) is 12.3 Å². The zero-order chi connectivity index (χ0) is 18.9. The van der Waals surface area contributed by atoms with Crippen molar-refractivity contribution in [2.24, 2.45) is 5.73 Å². The van der Waals surface area contributed by atoms with E-state index in [4.69, 9.17) is 17.3 Å². The maximum Gasteiger partial charge on any atom is 0.411 e. The molecule has 0 atom stereocenters.